The van der Waals surface area contributed by atoms with Crippen LogP contribution in [0.2, 0.25) is 0 Å². The molecule has 10 nitrogen and oxygen atoms in total. The van der Waals surface area contributed by atoms with E-state index in [1.807, 2.05) is 12.1 Å². The SMILES string of the molecule is Cc1nc2cc(NCCC(C)(C)O)c(N=CNC(=O)c3csc(-c4ccncc4)n3)cc2[nH]c1=O. The molecule has 0 atom stereocenters. The summed E-state index contributed by atoms with van der Waals surface area (Å²) in [5.41, 5.74) is 2.67. The van der Waals surface area contributed by atoms with Gasteiger partial charge >= 0.3 is 0 Å². The number of aromatic amines is 1. The number of hydrogen-bond donors (Lipinski definition) is 4. The van der Waals surface area contributed by atoms with Crippen molar-refractivity contribution in [3.63, 3.8) is 0 Å². The molecule has 0 aliphatic rings. The van der Waals surface area contributed by atoms with Gasteiger partial charge in [0.1, 0.15) is 16.4 Å². The van der Waals surface area contributed by atoms with Crippen molar-refractivity contribution in [1.82, 2.24) is 25.3 Å². The van der Waals surface area contributed by atoms with Gasteiger partial charge in [-0.15, -0.1) is 11.3 Å². The molecular weight excluding hydrogens is 466 g/mol. The Bertz CT molecular complexity index is 1440. The first kappa shape index (κ1) is 24.2. The van der Waals surface area contributed by atoms with Gasteiger partial charge in [0.25, 0.3) is 11.5 Å². The highest BCUT2D eigenvalue weighted by Gasteiger charge is 2.14. The Morgan fingerprint density at radius 1 is 1.26 bits per heavy atom. The maximum Gasteiger partial charge on any atom is 0.275 e. The van der Waals surface area contributed by atoms with Gasteiger partial charge < -0.3 is 20.7 Å². The van der Waals surface area contributed by atoms with Crippen LogP contribution in [0.5, 0.6) is 0 Å². The second-order valence-electron chi connectivity index (χ2n) is 8.53. The minimum Gasteiger partial charge on any atom is -0.390 e. The molecule has 1 amide bonds. The fourth-order valence-corrected chi connectivity index (χ4v) is 4.01. The van der Waals surface area contributed by atoms with Crippen molar-refractivity contribution in [1.29, 1.82) is 0 Å². The highest BCUT2D eigenvalue weighted by Crippen LogP contribution is 2.29. The van der Waals surface area contributed by atoms with Gasteiger partial charge in [-0.05, 0) is 51.5 Å². The van der Waals surface area contributed by atoms with Crippen LogP contribution in [0.15, 0.2) is 51.8 Å². The predicted molar refractivity (Wildman–Crippen MR) is 137 cm³/mol. The van der Waals surface area contributed by atoms with Crippen molar-refractivity contribution in [3.05, 3.63) is 63.8 Å². The van der Waals surface area contributed by atoms with Gasteiger partial charge in [-0.2, -0.15) is 0 Å². The van der Waals surface area contributed by atoms with Crippen LogP contribution in [-0.2, 0) is 0 Å². The van der Waals surface area contributed by atoms with E-state index < -0.39 is 11.5 Å². The smallest absolute Gasteiger partial charge is 0.275 e. The summed E-state index contributed by atoms with van der Waals surface area (Å²) in [6, 6.07) is 7.12. The second-order valence-corrected chi connectivity index (χ2v) is 9.39. The number of rotatable bonds is 8. The maximum atomic E-state index is 12.6. The number of carbonyl (C=O) groups excluding carboxylic acids is 1. The average molecular weight is 492 g/mol. The van der Waals surface area contributed by atoms with Gasteiger partial charge in [0, 0.05) is 29.9 Å². The number of aryl methyl sites for hydroxylation is 1. The van der Waals surface area contributed by atoms with Crippen LogP contribution in [0.3, 0.4) is 0 Å². The summed E-state index contributed by atoms with van der Waals surface area (Å²) in [6.07, 6.45) is 5.14. The highest BCUT2D eigenvalue weighted by atomic mass is 32.1. The van der Waals surface area contributed by atoms with Crippen LogP contribution >= 0.6 is 11.3 Å². The molecule has 0 spiro atoms. The van der Waals surface area contributed by atoms with E-state index in [0.717, 1.165) is 5.56 Å². The summed E-state index contributed by atoms with van der Waals surface area (Å²) in [5, 5.41) is 18.3. The largest absolute Gasteiger partial charge is 0.390 e. The summed E-state index contributed by atoms with van der Waals surface area (Å²) in [5.74, 6) is -0.395. The Labute approximate surface area is 205 Å². The molecule has 3 heterocycles. The highest BCUT2D eigenvalue weighted by molar-refractivity contribution is 7.13. The first-order valence-corrected chi connectivity index (χ1v) is 11.8. The van der Waals surface area contributed by atoms with E-state index in [4.69, 9.17) is 0 Å². The number of aliphatic imine (C=N–C) groups is 1. The Morgan fingerprint density at radius 2 is 2.03 bits per heavy atom. The number of thiazole rings is 1. The van der Waals surface area contributed by atoms with Crippen molar-refractivity contribution in [2.75, 3.05) is 11.9 Å². The standard InChI is InChI=1S/C24H25N7O3S/c1-14-21(32)30-19-11-17(16(10-18(19)29-14)26-9-6-24(2,3)34)27-13-28-22(33)20-12-35-23(31-20)15-4-7-25-8-5-15/h4-5,7-8,10-13,26,34H,6,9H2,1-3H3,(H,30,32)(H,27,28,33). The Balaban J connectivity index is 1.54. The number of pyridine rings is 1. The first-order valence-electron chi connectivity index (χ1n) is 10.9. The molecule has 35 heavy (non-hydrogen) atoms. The third-order valence-electron chi connectivity index (χ3n) is 5.09. The van der Waals surface area contributed by atoms with Crippen molar-refractivity contribution in [2.45, 2.75) is 32.8 Å². The fourth-order valence-electron chi connectivity index (χ4n) is 3.20. The van der Waals surface area contributed by atoms with Gasteiger partial charge in [-0.3, -0.25) is 14.6 Å². The third-order valence-corrected chi connectivity index (χ3v) is 5.99. The molecule has 0 saturated carbocycles. The number of nitrogens with one attached hydrogen (secondary N) is 3. The molecule has 3 aromatic heterocycles. The monoisotopic (exact) mass is 491 g/mol. The molecule has 180 valence electrons. The zero-order valence-electron chi connectivity index (χ0n) is 19.5. The van der Waals surface area contributed by atoms with E-state index in [-0.39, 0.29) is 11.3 Å². The minimum absolute atomic E-state index is 0.277. The van der Waals surface area contributed by atoms with Crippen molar-refractivity contribution in [3.8, 4) is 10.6 Å². The first-order chi connectivity index (χ1) is 16.7. The minimum atomic E-state index is -0.829. The Hall–Kier alpha value is -3.96. The normalized spacial score (nSPS) is 11.8. The molecule has 0 bridgehead atoms. The van der Waals surface area contributed by atoms with Crippen molar-refractivity contribution >= 4 is 46.0 Å². The van der Waals surface area contributed by atoms with Crippen LogP contribution in [0.1, 0.15) is 36.5 Å². The summed E-state index contributed by atoms with van der Waals surface area (Å²) in [7, 11) is 0. The number of carbonyl (C=O) groups is 1. The summed E-state index contributed by atoms with van der Waals surface area (Å²) in [6.45, 7) is 5.60. The number of hydrogen-bond acceptors (Lipinski definition) is 9. The Kier molecular flexibility index (Phi) is 6.99. The van der Waals surface area contributed by atoms with E-state index in [1.165, 1.54) is 17.7 Å². The molecule has 0 radical (unpaired) electrons. The third kappa shape index (κ3) is 6.14. The molecule has 1 aromatic carbocycles. The number of H-pyrrole nitrogens is 1. The second kappa shape index (κ2) is 10.1. The lowest BCUT2D eigenvalue weighted by Gasteiger charge is -2.18. The Morgan fingerprint density at radius 3 is 2.77 bits per heavy atom. The quantitative estimate of drug-likeness (QED) is 0.218. The van der Waals surface area contributed by atoms with Crippen LogP contribution in [-0.4, -0.2) is 49.4 Å². The molecule has 0 fully saturated rings. The molecular formula is C24H25N7O3S. The molecule has 4 aromatic rings. The number of aliphatic hydroxyl groups is 1. The molecule has 0 aliphatic carbocycles. The molecule has 11 heteroatoms. The van der Waals surface area contributed by atoms with Gasteiger partial charge in [0.15, 0.2) is 0 Å². The van der Waals surface area contributed by atoms with Gasteiger partial charge in [0.2, 0.25) is 0 Å². The van der Waals surface area contributed by atoms with Crippen LogP contribution in [0.4, 0.5) is 11.4 Å². The van der Waals surface area contributed by atoms with Crippen LogP contribution in [0.25, 0.3) is 21.6 Å². The fraction of sp³-hybridized carbons (Fsp3) is 0.250. The molecule has 4 rings (SSSR count). The topological polar surface area (TPSA) is 145 Å². The van der Waals surface area contributed by atoms with E-state index >= 15 is 0 Å². The molecule has 0 saturated heterocycles. The number of aromatic nitrogens is 4. The summed E-state index contributed by atoms with van der Waals surface area (Å²) in [4.78, 5) is 44.5. The maximum absolute atomic E-state index is 12.6. The van der Waals surface area contributed by atoms with E-state index in [0.29, 0.717) is 46.1 Å². The number of amides is 1. The number of anilines is 1. The van der Waals surface area contributed by atoms with Crippen molar-refractivity contribution in [2.24, 2.45) is 4.99 Å². The summed E-state index contributed by atoms with van der Waals surface area (Å²) < 4.78 is 0. The van der Waals surface area contributed by atoms with Gasteiger partial charge in [-0.25, -0.2) is 15.0 Å². The lowest BCUT2D eigenvalue weighted by Crippen LogP contribution is -2.23. The number of fused-ring (bicyclic) bond motifs is 1. The zero-order valence-corrected chi connectivity index (χ0v) is 20.3. The lowest BCUT2D eigenvalue weighted by atomic mass is 10.1. The number of nitrogens with zero attached hydrogens (tertiary/aromatic N) is 4. The van der Waals surface area contributed by atoms with Crippen molar-refractivity contribution < 1.29 is 9.90 Å². The lowest BCUT2D eigenvalue weighted by molar-refractivity contribution is 0.0748. The molecule has 4 N–H and O–H groups in total. The van der Waals surface area contributed by atoms with Crippen LogP contribution in [0, 0.1) is 6.92 Å². The van der Waals surface area contributed by atoms with Crippen LogP contribution < -0.4 is 16.2 Å². The molecule has 0 unspecified atom stereocenters. The van der Waals surface area contributed by atoms with E-state index in [1.54, 1.807) is 50.7 Å². The van der Waals surface area contributed by atoms with Gasteiger partial charge in [0.05, 0.1) is 34.3 Å². The van der Waals surface area contributed by atoms with E-state index in [2.05, 4.69) is 35.6 Å². The number of benzene rings is 1. The average Bonchev–Trinajstić information content (AvgIpc) is 3.31. The summed E-state index contributed by atoms with van der Waals surface area (Å²) >= 11 is 1.36. The zero-order chi connectivity index (χ0) is 25.0. The van der Waals surface area contributed by atoms with Gasteiger partial charge in [-0.1, -0.05) is 0 Å². The van der Waals surface area contributed by atoms with E-state index in [9.17, 15) is 14.7 Å². The predicted octanol–water partition coefficient (Wildman–Crippen LogP) is 3.41. The molecule has 0 aliphatic heterocycles.